The van der Waals surface area contributed by atoms with Crippen LogP contribution in [0.5, 0.6) is 17.2 Å². The normalized spacial score (nSPS) is 12.0. The number of thiazole rings is 1. The third-order valence-electron chi connectivity index (χ3n) is 3.01. The van der Waals surface area contributed by atoms with Gasteiger partial charge in [-0.15, -0.1) is 11.3 Å². The van der Waals surface area contributed by atoms with Crippen LogP contribution in [0.3, 0.4) is 0 Å². The molecular formula is C14H17N2O3S. The lowest BCUT2D eigenvalue weighted by molar-refractivity contribution is 0.347. The third kappa shape index (κ3) is 3.02. The lowest BCUT2D eigenvalue weighted by Crippen LogP contribution is -2.14. The fourth-order valence-corrected chi connectivity index (χ4v) is 2.51. The third-order valence-corrected chi connectivity index (χ3v) is 3.57. The number of aromatic nitrogens is 1. The minimum absolute atomic E-state index is 0.204. The molecule has 0 saturated carbocycles. The molecule has 0 bridgehead atoms. The number of hydrogen-bond donors (Lipinski definition) is 1. The van der Waals surface area contributed by atoms with Gasteiger partial charge in [-0.1, -0.05) is 0 Å². The first-order chi connectivity index (χ1) is 9.69. The summed E-state index contributed by atoms with van der Waals surface area (Å²) in [6.45, 7) is 0. The molecule has 1 radical (unpaired) electrons. The van der Waals surface area contributed by atoms with E-state index in [1.165, 1.54) is 11.3 Å². The van der Waals surface area contributed by atoms with E-state index in [1.54, 1.807) is 27.4 Å². The molecule has 20 heavy (non-hydrogen) atoms. The van der Waals surface area contributed by atoms with Gasteiger partial charge in [0.05, 0.1) is 33.1 Å². The van der Waals surface area contributed by atoms with Crippen LogP contribution in [-0.4, -0.2) is 26.3 Å². The van der Waals surface area contributed by atoms with Crippen LogP contribution in [0.25, 0.3) is 0 Å². The summed E-state index contributed by atoms with van der Waals surface area (Å²) in [6, 6.07) is 3.48. The summed E-state index contributed by atoms with van der Waals surface area (Å²) >= 11 is 1.41. The summed E-state index contributed by atoms with van der Waals surface area (Å²) in [5.74, 6) is 2.00. The topological polar surface area (TPSA) is 66.6 Å². The van der Waals surface area contributed by atoms with Gasteiger partial charge in [0.2, 0.25) is 0 Å². The monoisotopic (exact) mass is 293 g/mol. The Balaban J connectivity index is 2.30. The molecule has 2 aromatic rings. The maximum absolute atomic E-state index is 6.15. The molecule has 1 atom stereocenters. The summed E-state index contributed by atoms with van der Waals surface area (Å²) < 4.78 is 16.0. The van der Waals surface area contributed by atoms with Crippen LogP contribution in [0.1, 0.15) is 17.3 Å². The standard InChI is InChI=1S/C14H17N2O3S/c1-17-12-6-14(19-3)13(18-2)5-9(12)4-10(15)11-7-20-8-16-11/h5-7,10H,4,15H2,1-3H3. The summed E-state index contributed by atoms with van der Waals surface area (Å²) in [4.78, 5) is 4.12. The fourth-order valence-electron chi connectivity index (χ4n) is 1.96. The Morgan fingerprint density at radius 2 is 1.80 bits per heavy atom. The largest absolute Gasteiger partial charge is 0.496 e. The molecule has 1 aromatic heterocycles. The molecule has 107 valence electrons. The molecular weight excluding hydrogens is 276 g/mol. The SMILES string of the molecule is COc1cc(OC)c(OC)cc1CC(N)c1cs[c]n1. The van der Waals surface area contributed by atoms with Crippen LogP contribution in [-0.2, 0) is 6.42 Å². The zero-order chi connectivity index (χ0) is 14.5. The predicted octanol–water partition coefficient (Wildman–Crippen LogP) is 2.21. The molecule has 0 saturated heterocycles. The van der Waals surface area contributed by atoms with Gasteiger partial charge in [-0.3, -0.25) is 0 Å². The number of hydrogen-bond acceptors (Lipinski definition) is 6. The van der Waals surface area contributed by atoms with E-state index in [0.29, 0.717) is 17.9 Å². The second kappa shape index (κ2) is 6.58. The Morgan fingerprint density at radius 3 is 2.35 bits per heavy atom. The van der Waals surface area contributed by atoms with Gasteiger partial charge in [-0.25, -0.2) is 4.98 Å². The van der Waals surface area contributed by atoms with Crippen molar-refractivity contribution in [1.29, 1.82) is 0 Å². The van der Waals surface area contributed by atoms with Crippen LogP contribution < -0.4 is 19.9 Å². The number of methoxy groups -OCH3 is 3. The molecule has 5 nitrogen and oxygen atoms in total. The molecule has 1 aromatic carbocycles. The number of benzene rings is 1. The van der Waals surface area contributed by atoms with E-state index in [9.17, 15) is 0 Å². The van der Waals surface area contributed by atoms with E-state index in [4.69, 9.17) is 19.9 Å². The number of rotatable bonds is 6. The Morgan fingerprint density at radius 1 is 1.15 bits per heavy atom. The molecule has 1 unspecified atom stereocenters. The lowest BCUT2D eigenvalue weighted by atomic mass is 10.0. The van der Waals surface area contributed by atoms with Crippen molar-refractivity contribution in [3.05, 3.63) is 34.3 Å². The van der Waals surface area contributed by atoms with E-state index < -0.39 is 0 Å². The maximum atomic E-state index is 6.15. The quantitative estimate of drug-likeness (QED) is 0.884. The number of nitrogens with two attached hydrogens (primary N) is 1. The Labute approximate surface area is 122 Å². The first kappa shape index (κ1) is 14.6. The van der Waals surface area contributed by atoms with Crippen molar-refractivity contribution in [2.24, 2.45) is 5.73 Å². The van der Waals surface area contributed by atoms with Crippen molar-refractivity contribution >= 4 is 11.3 Å². The Kier molecular flexibility index (Phi) is 4.81. The average Bonchev–Trinajstić information content (AvgIpc) is 3.01. The van der Waals surface area contributed by atoms with E-state index >= 15 is 0 Å². The fraction of sp³-hybridized carbons (Fsp3) is 0.357. The van der Waals surface area contributed by atoms with Crippen molar-refractivity contribution in [1.82, 2.24) is 4.98 Å². The van der Waals surface area contributed by atoms with Gasteiger partial charge < -0.3 is 19.9 Å². The van der Waals surface area contributed by atoms with Gasteiger partial charge in [0, 0.05) is 11.4 Å². The van der Waals surface area contributed by atoms with E-state index in [-0.39, 0.29) is 6.04 Å². The highest BCUT2D eigenvalue weighted by Gasteiger charge is 2.16. The minimum Gasteiger partial charge on any atom is -0.496 e. The lowest BCUT2D eigenvalue weighted by Gasteiger charge is -2.16. The maximum Gasteiger partial charge on any atom is 0.164 e. The van der Waals surface area contributed by atoms with E-state index in [2.05, 4.69) is 10.5 Å². The minimum atomic E-state index is -0.204. The zero-order valence-electron chi connectivity index (χ0n) is 11.7. The molecule has 0 fully saturated rings. The zero-order valence-corrected chi connectivity index (χ0v) is 12.5. The average molecular weight is 293 g/mol. The van der Waals surface area contributed by atoms with Crippen LogP contribution in [0, 0.1) is 5.51 Å². The van der Waals surface area contributed by atoms with E-state index in [0.717, 1.165) is 17.0 Å². The summed E-state index contributed by atoms with van der Waals surface area (Å²) in [5.41, 5.74) is 10.7. The highest BCUT2D eigenvalue weighted by molar-refractivity contribution is 7.07. The molecule has 1 heterocycles. The summed E-state index contributed by atoms with van der Waals surface area (Å²) in [7, 11) is 4.81. The van der Waals surface area contributed by atoms with Gasteiger partial charge in [0.25, 0.3) is 0 Å². The second-order valence-electron chi connectivity index (χ2n) is 4.19. The van der Waals surface area contributed by atoms with Crippen molar-refractivity contribution in [3.8, 4) is 17.2 Å². The first-order valence-electron chi connectivity index (χ1n) is 6.05. The predicted molar refractivity (Wildman–Crippen MR) is 77.7 cm³/mol. The van der Waals surface area contributed by atoms with Crippen LogP contribution >= 0.6 is 11.3 Å². The summed E-state index contributed by atoms with van der Waals surface area (Å²) in [6.07, 6.45) is 0.598. The molecule has 2 N–H and O–H groups in total. The summed E-state index contributed by atoms with van der Waals surface area (Å²) in [5, 5.41) is 1.90. The molecule has 0 aliphatic heterocycles. The number of nitrogens with zero attached hydrogens (tertiary/aromatic N) is 1. The Bertz CT molecular complexity index is 558. The number of ether oxygens (including phenoxy) is 3. The smallest absolute Gasteiger partial charge is 0.164 e. The van der Waals surface area contributed by atoms with Crippen LogP contribution in [0.15, 0.2) is 17.5 Å². The highest BCUT2D eigenvalue weighted by Crippen LogP contribution is 2.36. The van der Waals surface area contributed by atoms with Crippen molar-refractivity contribution in [2.75, 3.05) is 21.3 Å². The second-order valence-corrected chi connectivity index (χ2v) is 4.85. The molecule has 2 rings (SSSR count). The van der Waals surface area contributed by atoms with Gasteiger partial charge in [0.1, 0.15) is 5.75 Å². The highest BCUT2D eigenvalue weighted by atomic mass is 32.1. The molecule has 0 spiro atoms. The van der Waals surface area contributed by atoms with Gasteiger partial charge in [-0.05, 0) is 18.1 Å². The van der Waals surface area contributed by atoms with Crippen molar-refractivity contribution < 1.29 is 14.2 Å². The van der Waals surface area contributed by atoms with Crippen molar-refractivity contribution in [3.63, 3.8) is 0 Å². The molecule has 6 heteroatoms. The van der Waals surface area contributed by atoms with Gasteiger partial charge in [-0.2, -0.15) is 0 Å². The first-order valence-corrected chi connectivity index (χ1v) is 6.93. The van der Waals surface area contributed by atoms with Gasteiger partial charge >= 0.3 is 0 Å². The molecule has 0 aliphatic rings. The molecule has 0 amide bonds. The molecule has 0 aliphatic carbocycles. The van der Waals surface area contributed by atoms with E-state index in [1.807, 2.05) is 11.4 Å². The van der Waals surface area contributed by atoms with Crippen molar-refractivity contribution in [2.45, 2.75) is 12.5 Å². The van der Waals surface area contributed by atoms with Gasteiger partial charge in [0.15, 0.2) is 17.0 Å². The van der Waals surface area contributed by atoms with Crippen LogP contribution in [0.2, 0.25) is 0 Å². The van der Waals surface area contributed by atoms with Crippen LogP contribution in [0.4, 0.5) is 0 Å². The Hall–Kier alpha value is -1.79.